The minimum absolute atomic E-state index is 0.0645. The first-order valence-electron chi connectivity index (χ1n) is 11.0. The molecule has 0 saturated carbocycles. The van der Waals surface area contributed by atoms with E-state index in [2.05, 4.69) is 25.5 Å². The molecule has 1 amide bonds. The van der Waals surface area contributed by atoms with Crippen molar-refractivity contribution in [1.82, 2.24) is 24.7 Å². The summed E-state index contributed by atoms with van der Waals surface area (Å²) in [6, 6.07) is 15.8. The number of aromatic nitrogens is 5. The van der Waals surface area contributed by atoms with E-state index in [-0.39, 0.29) is 18.1 Å². The maximum atomic E-state index is 12.7. The van der Waals surface area contributed by atoms with E-state index in [1.807, 2.05) is 37.3 Å². The molecule has 11 nitrogen and oxygen atoms in total. The molecule has 0 aliphatic heterocycles. The number of methoxy groups -OCH3 is 1. The molecular formula is C24H24N6O5S. The Bertz CT molecular complexity index is 1430. The van der Waals surface area contributed by atoms with Crippen molar-refractivity contribution in [2.24, 2.45) is 0 Å². The first kappa shape index (κ1) is 24.8. The average Bonchev–Trinajstić information content (AvgIpc) is 3.25. The molecule has 0 bridgehead atoms. The van der Waals surface area contributed by atoms with Gasteiger partial charge in [-0.15, -0.1) is 10.2 Å². The van der Waals surface area contributed by atoms with Crippen molar-refractivity contribution < 1.29 is 14.3 Å². The Hall–Kier alpha value is -4.32. The fourth-order valence-electron chi connectivity index (χ4n) is 3.47. The lowest BCUT2D eigenvalue weighted by Gasteiger charge is -2.12. The van der Waals surface area contributed by atoms with Gasteiger partial charge in [0.15, 0.2) is 5.16 Å². The van der Waals surface area contributed by atoms with Crippen LogP contribution in [-0.4, -0.2) is 50.1 Å². The molecule has 186 valence electrons. The Morgan fingerprint density at radius 3 is 2.58 bits per heavy atom. The first-order chi connectivity index (χ1) is 17.5. The molecule has 3 N–H and O–H groups in total. The number of nitrogens with zero attached hydrogens (tertiary/aromatic N) is 3. The molecule has 4 aromatic rings. The second kappa shape index (κ2) is 11.4. The number of benzene rings is 2. The van der Waals surface area contributed by atoms with Crippen LogP contribution in [0.2, 0.25) is 0 Å². The van der Waals surface area contributed by atoms with Crippen molar-refractivity contribution in [2.75, 3.05) is 24.8 Å². The van der Waals surface area contributed by atoms with Crippen LogP contribution in [0.1, 0.15) is 18.4 Å². The smallest absolute Gasteiger partial charge is 0.325 e. The van der Waals surface area contributed by atoms with Crippen molar-refractivity contribution in [3.8, 4) is 17.2 Å². The van der Waals surface area contributed by atoms with Crippen molar-refractivity contribution in [3.63, 3.8) is 0 Å². The maximum Gasteiger partial charge on any atom is 0.325 e. The lowest BCUT2D eigenvalue weighted by molar-refractivity contribution is -0.113. The molecule has 0 saturated heterocycles. The summed E-state index contributed by atoms with van der Waals surface area (Å²) in [5, 5.41) is 11.8. The Labute approximate surface area is 209 Å². The number of aromatic amines is 2. The lowest BCUT2D eigenvalue weighted by atomic mass is 10.2. The van der Waals surface area contributed by atoms with Crippen LogP contribution in [0.5, 0.6) is 11.5 Å². The molecule has 2 aromatic heterocycles. The maximum absolute atomic E-state index is 12.7. The number of amides is 1. The predicted molar refractivity (Wildman–Crippen MR) is 135 cm³/mol. The number of anilines is 1. The summed E-state index contributed by atoms with van der Waals surface area (Å²) in [7, 11) is 1.54. The number of para-hydroxylation sites is 2. The van der Waals surface area contributed by atoms with Gasteiger partial charge < -0.3 is 19.8 Å². The average molecular weight is 509 g/mol. The Kier molecular flexibility index (Phi) is 7.85. The fraction of sp³-hybridized carbons (Fsp3) is 0.208. The van der Waals surface area contributed by atoms with Gasteiger partial charge >= 0.3 is 5.69 Å². The minimum atomic E-state index is -0.604. The zero-order valence-electron chi connectivity index (χ0n) is 19.6. The number of rotatable bonds is 10. The molecule has 2 heterocycles. The van der Waals surface area contributed by atoms with Crippen LogP contribution in [0.25, 0.3) is 5.69 Å². The number of thioether (sulfide) groups is 1. The highest BCUT2D eigenvalue weighted by Gasteiger charge is 2.18. The zero-order chi connectivity index (χ0) is 25.5. The molecule has 0 unspecified atom stereocenters. The Morgan fingerprint density at radius 1 is 1.08 bits per heavy atom. The number of ether oxygens (including phenoxy) is 2. The van der Waals surface area contributed by atoms with Gasteiger partial charge in [-0.1, -0.05) is 23.9 Å². The van der Waals surface area contributed by atoms with Gasteiger partial charge in [0.1, 0.15) is 17.3 Å². The topological polar surface area (TPSA) is 144 Å². The lowest BCUT2D eigenvalue weighted by Crippen LogP contribution is -2.23. The molecule has 0 radical (unpaired) electrons. The summed E-state index contributed by atoms with van der Waals surface area (Å²) in [6.07, 6.45) is 0.146. The predicted octanol–water partition coefficient (Wildman–Crippen LogP) is 2.37. The molecule has 0 spiro atoms. The van der Waals surface area contributed by atoms with Gasteiger partial charge in [0, 0.05) is 23.9 Å². The number of carbonyl (C=O) groups excluding carboxylic acids is 1. The molecule has 0 aliphatic rings. The zero-order valence-corrected chi connectivity index (χ0v) is 20.4. The first-order valence-corrected chi connectivity index (χ1v) is 12.0. The third-order valence-corrected chi connectivity index (χ3v) is 5.91. The summed E-state index contributed by atoms with van der Waals surface area (Å²) in [6.45, 7) is 2.44. The molecule has 0 aliphatic carbocycles. The van der Waals surface area contributed by atoms with Gasteiger partial charge in [0.25, 0.3) is 5.56 Å². The van der Waals surface area contributed by atoms with Crippen LogP contribution in [0, 0.1) is 0 Å². The summed E-state index contributed by atoms with van der Waals surface area (Å²) in [5.41, 5.74) is 0.570. The van der Waals surface area contributed by atoms with E-state index in [9.17, 15) is 14.4 Å². The number of hydrogen-bond donors (Lipinski definition) is 3. The highest BCUT2D eigenvalue weighted by atomic mass is 32.2. The molecule has 0 atom stereocenters. The summed E-state index contributed by atoms with van der Waals surface area (Å²) in [5.74, 6) is 1.57. The Balaban J connectivity index is 1.60. The van der Waals surface area contributed by atoms with Gasteiger partial charge in [-0.2, -0.15) is 0 Å². The number of nitrogens with one attached hydrogen (secondary N) is 3. The van der Waals surface area contributed by atoms with Crippen molar-refractivity contribution >= 4 is 23.4 Å². The third-order valence-electron chi connectivity index (χ3n) is 4.98. The van der Waals surface area contributed by atoms with Gasteiger partial charge in [-0.05, 0) is 43.3 Å². The minimum Gasteiger partial charge on any atom is -0.495 e. The summed E-state index contributed by atoms with van der Waals surface area (Å²) < 4.78 is 12.6. The molecule has 2 aromatic carbocycles. The molecule has 0 fully saturated rings. The van der Waals surface area contributed by atoms with E-state index in [0.717, 1.165) is 5.69 Å². The van der Waals surface area contributed by atoms with Crippen LogP contribution in [0.15, 0.2) is 69.3 Å². The Morgan fingerprint density at radius 2 is 1.86 bits per heavy atom. The van der Waals surface area contributed by atoms with Crippen LogP contribution in [0.3, 0.4) is 0 Å². The van der Waals surface area contributed by atoms with Crippen molar-refractivity contribution in [2.45, 2.75) is 18.5 Å². The van der Waals surface area contributed by atoms with E-state index in [0.29, 0.717) is 40.5 Å². The standard InChI is InChI=1S/C24H24N6O5S/c1-3-35-17-10-8-16(9-11-17)30-20(12-15-13-21(31)27-23(33)25-15)28-29-24(30)36-14-22(32)26-18-6-4-5-7-19(18)34-2/h4-11,13H,3,12,14H2,1-2H3,(H,26,32)(H2,25,27,31,33). The fourth-order valence-corrected chi connectivity index (χ4v) is 4.25. The molecule has 12 heteroatoms. The van der Waals surface area contributed by atoms with Gasteiger partial charge in [-0.3, -0.25) is 19.1 Å². The highest BCUT2D eigenvalue weighted by molar-refractivity contribution is 7.99. The quantitative estimate of drug-likeness (QED) is 0.277. The summed E-state index contributed by atoms with van der Waals surface area (Å²) in [4.78, 5) is 40.9. The van der Waals surface area contributed by atoms with Crippen LogP contribution in [0.4, 0.5) is 5.69 Å². The molecule has 36 heavy (non-hydrogen) atoms. The van der Waals surface area contributed by atoms with Crippen molar-refractivity contribution in [3.05, 3.63) is 87.0 Å². The van der Waals surface area contributed by atoms with Crippen LogP contribution < -0.4 is 26.0 Å². The number of hydrogen-bond acceptors (Lipinski definition) is 8. The van der Waals surface area contributed by atoms with Gasteiger partial charge in [0.05, 0.1) is 25.2 Å². The van der Waals surface area contributed by atoms with Gasteiger partial charge in [0.2, 0.25) is 5.91 Å². The second-order valence-corrected chi connectivity index (χ2v) is 8.43. The van der Waals surface area contributed by atoms with E-state index >= 15 is 0 Å². The summed E-state index contributed by atoms with van der Waals surface area (Å²) >= 11 is 1.20. The van der Waals surface area contributed by atoms with Crippen molar-refractivity contribution in [1.29, 1.82) is 0 Å². The third kappa shape index (κ3) is 6.02. The van der Waals surface area contributed by atoms with Crippen LogP contribution in [-0.2, 0) is 11.2 Å². The normalized spacial score (nSPS) is 10.7. The largest absolute Gasteiger partial charge is 0.495 e. The van der Waals surface area contributed by atoms with E-state index in [1.54, 1.807) is 22.8 Å². The molecular weight excluding hydrogens is 484 g/mol. The molecule has 4 rings (SSSR count). The van der Waals surface area contributed by atoms with Crippen LogP contribution >= 0.6 is 11.8 Å². The number of H-pyrrole nitrogens is 2. The van der Waals surface area contributed by atoms with Gasteiger partial charge in [-0.25, -0.2) is 4.79 Å². The highest BCUT2D eigenvalue weighted by Crippen LogP contribution is 2.26. The van der Waals surface area contributed by atoms with E-state index < -0.39 is 11.2 Å². The SMILES string of the molecule is CCOc1ccc(-n2c(Cc3cc(=O)[nH]c(=O)[nH]3)nnc2SCC(=O)Nc2ccccc2OC)cc1. The second-order valence-electron chi connectivity index (χ2n) is 7.49. The monoisotopic (exact) mass is 508 g/mol. The van der Waals surface area contributed by atoms with E-state index in [4.69, 9.17) is 9.47 Å². The van der Waals surface area contributed by atoms with E-state index in [1.165, 1.54) is 24.9 Å². The number of carbonyl (C=O) groups is 1.